The van der Waals surface area contributed by atoms with Crippen LogP contribution in [0.3, 0.4) is 0 Å². The Labute approximate surface area is 118 Å². The molecule has 6 nitrogen and oxygen atoms in total. The minimum Gasteiger partial charge on any atom is -0.495 e. The lowest BCUT2D eigenvalue weighted by Gasteiger charge is -2.21. The quantitative estimate of drug-likeness (QED) is 0.727. The van der Waals surface area contributed by atoms with Crippen LogP contribution in [0.2, 0.25) is 0 Å². The van der Waals surface area contributed by atoms with E-state index in [2.05, 4.69) is 0 Å². The number of carbonyl (C=O) groups is 2. The summed E-state index contributed by atoms with van der Waals surface area (Å²) in [4.78, 5) is 24.9. The van der Waals surface area contributed by atoms with E-state index in [4.69, 9.17) is 16.2 Å². The average Bonchev–Trinajstić information content (AvgIpc) is 2.42. The maximum Gasteiger partial charge on any atom is 0.254 e. The number of nitrogen functional groups attached to an aromatic ring is 1. The summed E-state index contributed by atoms with van der Waals surface area (Å²) < 4.78 is 5.05. The summed E-state index contributed by atoms with van der Waals surface area (Å²) in [5, 5.41) is 0. The first-order chi connectivity index (χ1) is 9.49. The topological polar surface area (TPSA) is 98.6 Å². The van der Waals surface area contributed by atoms with Crippen LogP contribution in [0.4, 0.5) is 5.69 Å². The zero-order valence-electron chi connectivity index (χ0n) is 11.9. The molecule has 6 heteroatoms. The van der Waals surface area contributed by atoms with E-state index in [9.17, 15) is 9.59 Å². The smallest absolute Gasteiger partial charge is 0.254 e. The third kappa shape index (κ3) is 4.15. The molecular formula is C14H21N3O3. The SMILES string of the molecule is CCCCN(CC(N)=O)C(=O)c1ccc(OC)c(N)c1. The molecule has 0 aliphatic heterocycles. The number of anilines is 1. The lowest BCUT2D eigenvalue weighted by molar-refractivity contribution is -0.118. The van der Waals surface area contributed by atoms with Gasteiger partial charge in [-0.05, 0) is 24.6 Å². The van der Waals surface area contributed by atoms with Gasteiger partial charge in [-0.15, -0.1) is 0 Å². The summed E-state index contributed by atoms with van der Waals surface area (Å²) in [6.07, 6.45) is 1.73. The predicted molar refractivity (Wildman–Crippen MR) is 77.4 cm³/mol. The zero-order valence-corrected chi connectivity index (χ0v) is 11.9. The van der Waals surface area contributed by atoms with Gasteiger partial charge in [0.2, 0.25) is 5.91 Å². The number of hydrogen-bond donors (Lipinski definition) is 2. The Bertz CT molecular complexity index is 489. The van der Waals surface area contributed by atoms with Crippen LogP contribution in [0.1, 0.15) is 30.1 Å². The van der Waals surface area contributed by atoms with Gasteiger partial charge in [0.25, 0.3) is 5.91 Å². The molecular weight excluding hydrogens is 258 g/mol. The van der Waals surface area contributed by atoms with Crippen molar-refractivity contribution < 1.29 is 14.3 Å². The second-order valence-corrected chi connectivity index (χ2v) is 4.50. The maximum atomic E-state index is 12.4. The Hall–Kier alpha value is -2.24. The molecule has 0 unspecified atom stereocenters. The van der Waals surface area contributed by atoms with Crippen molar-refractivity contribution in [1.82, 2.24) is 4.90 Å². The number of methoxy groups -OCH3 is 1. The van der Waals surface area contributed by atoms with E-state index >= 15 is 0 Å². The summed E-state index contributed by atoms with van der Waals surface area (Å²) in [5.74, 6) is -0.279. The molecule has 2 amide bonds. The van der Waals surface area contributed by atoms with E-state index in [0.29, 0.717) is 23.5 Å². The van der Waals surface area contributed by atoms with E-state index in [0.717, 1.165) is 12.8 Å². The molecule has 0 bridgehead atoms. The Morgan fingerprint density at radius 3 is 2.55 bits per heavy atom. The van der Waals surface area contributed by atoms with Crippen molar-refractivity contribution in [3.05, 3.63) is 23.8 Å². The third-order valence-corrected chi connectivity index (χ3v) is 2.89. The van der Waals surface area contributed by atoms with Crippen molar-refractivity contribution in [1.29, 1.82) is 0 Å². The van der Waals surface area contributed by atoms with Gasteiger partial charge in [-0.3, -0.25) is 9.59 Å². The highest BCUT2D eigenvalue weighted by molar-refractivity contribution is 5.97. The molecule has 0 saturated heterocycles. The molecule has 0 spiro atoms. The predicted octanol–water partition coefficient (Wildman–Crippen LogP) is 1.00. The van der Waals surface area contributed by atoms with Gasteiger partial charge >= 0.3 is 0 Å². The first kappa shape index (κ1) is 15.8. The van der Waals surface area contributed by atoms with Crippen molar-refractivity contribution in [2.24, 2.45) is 5.73 Å². The van der Waals surface area contributed by atoms with E-state index in [1.54, 1.807) is 18.2 Å². The number of hydrogen-bond acceptors (Lipinski definition) is 4. The van der Waals surface area contributed by atoms with E-state index in [1.165, 1.54) is 12.0 Å². The monoisotopic (exact) mass is 279 g/mol. The molecule has 1 aromatic rings. The van der Waals surface area contributed by atoms with Crippen molar-refractivity contribution >= 4 is 17.5 Å². The zero-order chi connectivity index (χ0) is 15.1. The van der Waals surface area contributed by atoms with E-state index in [-0.39, 0.29) is 12.5 Å². The maximum absolute atomic E-state index is 12.4. The van der Waals surface area contributed by atoms with Crippen molar-refractivity contribution in [3.8, 4) is 5.75 Å². The van der Waals surface area contributed by atoms with Gasteiger partial charge in [-0.1, -0.05) is 13.3 Å². The molecule has 0 aromatic heterocycles. The molecule has 1 rings (SSSR count). The molecule has 4 N–H and O–H groups in total. The number of primary amides is 1. The fraction of sp³-hybridized carbons (Fsp3) is 0.429. The molecule has 110 valence electrons. The molecule has 1 aromatic carbocycles. The number of rotatable bonds is 7. The Morgan fingerprint density at radius 2 is 2.05 bits per heavy atom. The van der Waals surface area contributed by atoms with Crippen LogP contribution in [0, 0.1) is 0 Å². The lowest BCUT2D eigenvalue weighted by atomic mass is 10.1. The van der Waals surface area contributed by atoms with Crippen molar-refractivity contribution in [3.63, 3.8) is 0 Å². The standard InChI is InChI=1S/C14H21N3O3/c1-3-4-7-17(9-13(16)18)14(19)10-5-6-12(20-2)11(15)8-10/h5-6,8H,3-4,7,9,15H2,1-2H3,(H2,16,18). The third-order valence-electron chi connectivity index (χ3n) is 2.89. The molecule has 20 heavy (non-hydrogen) atoms. The number of ether oxygens (including phenoxy) is 1. The Morgan fingerprint density at radius 1 is 1.35 bits per heavy atom. The van der Waals surface area contributed by atoms with Crippen LogP contribution in [0.15, 0.2) is 18.2 Å². The van der Waals surface area contributed by atoms with Gasteiger partial charge in [-0.2, -0.15) is 0 Å². The van der Waals surface area contributed by atoms with Crippen LogP contribution < -0.4 is 16.2 Å². The summed E-state index contributed by atoms with van der Waals surface area (Å²) >= 11 is 0. The number of amides is 2. The molecule has 0 aliphatic carbocycles. The summed E-state index contributed by atoms with van der Waals surface area (Å²) in [7, 11) is 1.51. The van der Waals surface area contributed by atoms with Crippen LogP contribution in [-0.2, 0) is 4.79 Å². The highest BCUT2D eigenvalue weighted by Gasteiger charge is 2.18. The first-order valence-corrected chi connectivity index (χ1v) is 6.50. The number of benzene rings is 1. The van der Waals surface area contributed by atoms with Crippen LogP contribution in [-0.4, -0.2) is 36.9 Å². The van der Waals surface area contributed by atoms with Crippen LogP contribution in [0.25, 0.3) is 0 Å². The van der Waals surface area contributed by atoms with Gasteiger partial charge in [0.05, 0.1) is 19.3 Å². The van der Waals surface area contributed by atoms with Gasteiger partial charge in [0.15, 0.2) is 0 Å². The normalized spacial score (nSPS) is 10.1. The van der Waals surface area contributed by atoms with Gasteiger partial charge in [0.1, 0.15) is 5.75 Å². The van der Waals surface area contributed by atoms with Gasteiger partial charge in [-0.25, -0.2) is 0 Å². The molecule has 0 aliphatic rings. The number of nitrogens with zero attached hydrogens (tertiary/aromatic N) is 1. The second-order valence-electron chi connectivity index (χ2n) is 4.50. The van der Waals surface area contributed by atoms with Crippen molar-refractivity contribution in [2.45, 2.75) is 19.8 Å². The number of carbonyl (C=O) groups excluding carboxylic acids is 2. The molecule has 0 atom stereocenters. The largest absolute Gasteiger partial charge is 0.495 e. The lowest BCUT2D eigenvalue weighted by Crippen LogP contribution is -2.39. The highest BCUT2D eigenvalue weighted by Crippen LogP contribution is 2.22. The minimum atomic E-state index is -0.532. The first-order valence-electron chi connectivity index (χ1n) is 6.50. The molecule has 0 fully saturated rings. The van der Waals surface area contributed by atoms with E-state index < -0.39 is 5.91 Å². The van der Waals surface area contributed by atoms with Gasteiger partial charge in [0, 0.05) is 12.1 Å². The Balaban J connectivity index is 2.92. The minimum absolute atomic E-state index is 0.0925. The fourth-order valence-corrected chi connectivity index (χ4v) is 1.84. The number of unbranched alkanes of at least 4 members (excludes halogenated alkanes) is 1. The summed E-state index contributed by atoms with van der Waals surface area (Å²) in [6.45, 7) is 2.41. The van der Waals surface area contributed by atoms with Crippen LogP contribution in [0.5, 0.6) is 5.75 Å². The van der Waals surface area contributed by atoms with Crippen LogP contribution >= 0.6 is 0 Å². The average molecular weight is 279 g/mol. The Kier molecular flexibility index (Phi) is 5.83. The summed E-state index contributed by atoms with van der Waals surface area (Å²) in [6, 6.07) is 4.80. The molecule has 0 radical (unpaired) electrons. The molecule has 0 heterocycles. The number of nitrogens with two attached hydrogens (primary N) is 2. The van der Waals surface area contributed by atoms with Crippen molar-refractivity contribution in [2.75, 3.05) is 25.9 Å². The van der Waals surface area contributed by atoms with E-state index in [1.807, 2.05) is 6.92 Å². The van der Waals surface area contributed by atoms with Gasteiger partial charge < -0.3 is 21.1 Å². The second kappa shape index (κ2) is 7.37. The fourth-order valence-electron chi connectivity index (χ4n) is 1.84. The molecule has 0 saturated carbocycles. The highest BCUT2D eigenvalue weighted by atomic mass is 16.5. The summed E-state index contributed by atoms with van der Waals surface area (Å²) in [5.41, 5.74) is 11.8.